The van der Waals surface area contributed by atoms with E-state index in [0.717, 1.165) is 63.2 Å². The number of para-hydroxylation sites is 2. The Labute approximate surface area is 358 Å². The largest absolute Gasteiger partial charge is 0.477 e. The number of carboxylic acids is 1. The Morgan fingerprint density at radius 2 is 1.10 bits per heavy atom. The van der Waals surface area contributed by atoms with Crippen LogP contribution < -0.4 is 21.9 Å². The molecule has 2 aliphatic carbocycles. The van der Waals surface area contributed by atoms with Crippen LogP contribution in [0.25, 0.3) is 21.8 Å². The molecule has 6 aromatic rings. The molecule has 11 nitrogen and oxygen atoms in total. The third kappa shape index (κ3) is 10.9. The summed E-state index contributed by atoms with van der Waals surface area (Å²) in [6.07, 6.45) is 7.57. The zero-order valence-electron chi connectivity index (χ0n) is 31.5. The fraction of sp³-hybridized carbons (Fsp3) is 0.273. The summed E-state index contributed by atoms with van der Waals surface area (Å²) in [5.41, 5.74) is 8.18. The van der Waals surface area contributed by atoms with E-state index < -0.39 is 23.4 Å². The zero-order chi connectivity index (χ0) is 40.6. The number of nitrogens with one attached hydrogen (secondary N) is 1. The summed E-state index contributed by atoms with van der Waals surface area (Å²) in [6.45, 7) is 1.04. The number of pyridine rings is 2. The predicted octanol–water partition coefficient (Wildman–Crippen LogP) is 7.25. The molecule has 1 unspecified atom stereocenters. The van der Waals surface area contributed by atoms with Crippen LogP contribution in [0.2, 0.25) is 0 Å². The average Bonchev–Trinajstić information content (AvgIpc) is 3.80. The minimum absolute atomic E-state index is 0. The lowest BCUT2D eigenvalue weighted by atomic mass is 10.1. The Kier molecular flexibility index (Phi) is 15.6. The number of hydrogen-bond donors (Lipinski definition) is 5. The topological polar surface area (TPSA) is 177 Å². The van der Waals surface area contributed by atoms with E-state index in [0.29, 0.717) is 30.3 Å². The number of nitrogens with two attached hydrogens (primary N) is 1. The fourth-order valence-corrected chi connectivity index (χ4v) is 7.69. The van der Waals surface area contributed by atoms with Gasteiger partial charge in [-0.05, 0) is 98.2 Å². The standard InChI is InChI=1S/C22H21BrN2O3.C17H12BrNO3.C5H11NO.ClH/c23-15-10-8-14(9-11-15)12-25-13-17(21(27)16-4-1-2-6-19(16)25)22(28)24-18-5-3-7-20(18)26;18-12-7-5-11(6-8-12)9-19-10-14(17(21)22)16(20)13-3-1-2-4-15(13)19;6-4-2-1-3-5(4)7;/h1-2,4,6,8-11,13,18,20,26H,3,5,7,12H2,(H,24,28);1-8,10H,9H2,(H,21,22);4-5,7H,1-3,6H2;1H/t18?,20-;;4-,5-;/m0.1./s1. The van der Waals surface area contributed by atoms with Crippen molar-refractivity contribution >= 4 is 77.9 Å². The number of hydrogen-bond acceptors (Lipinski definition) is 7. The van der Waals surface area contributed by atoms with Crippen LogP contribution in [0.4, 0.5) is 0 Å². The number of aromatic nitrogens is 2. The Balaban J connectivity index is 0.000000190. The van der Waals surface area contributed by atoms with Gasteiger partial charge >= 0.3 is 5.97 Å². The first-order valence-corrected chi connectivity index (χ1v) is 20.4. The van der Waals surface area contributed by atoms with Crippen LogP contribution in [-0.4, -0.2) is 60.6 Å². The van der Waals surface area contributed by atoms with E-state index in [-0.39, 0.29) is 47.2 Å². The second-order valence-electron chi connectivity index (χ2n) is 14.3. The van der Waals surface area contributed by atoms with Gasteiger partial charge in [0, 0.05) is 51.2 Å². The highest BCUT2D eigenvalue weighted by atomic mass is 79.9. The fourth-order valence-electron chi connectivity index (χ4n) is 7.16. The molecule has 1 amide bonds. The number of amides is 1. The smallest absolute Gasteiger partial charge is 0.341 e. The number of aliphatic hydroxyl groups excluding tert-OH is 2. The highest BCUT2D eigenvalue weighted by Crippen LogP contribution is 2.21. The van der Waals surface area contributed by atoms with Crippen LogP contribution in [0.5, 0.6) is 0 Å². The molecule has 2 fully saturated rings. The van der Waals surface area contributed by atoms with E-state index in [4.69, 9.17) is 10.8 Å². The van der Waals surface area contributed by atoms with Crippen molar-refractivity contribution in [1.29, 1.82) is 0 Å². The molecule has 0 saturated heterocycles. The maximum Gasteiger partial charge on any atom is 0.341 e. The van der Waals surface area contributed by atoms with Gasteiger partial charge in [0.15, 0.2) is 0 Å². The quantitative estimate of drug-likeness (QED) is 0.111. The lowest BCUT2D eigenvalue weighted by molar-refractivity contribution is 0.0694. The summed E-state index contributed by atoms with van der Waals surface area (Å²) in [4.78, 5) is 49.3. The van der Waals surface area contributed by atoms with Crippen molar-refractivity contribution in [3.63, 3.8) is 0 Å². The first-order chi connectivity index (χ1) is 27.4. The number of rotatable bonds is 7. The van der Waals surface area contributed by atoms with Gasteiger partial charge in [0.25, 0.3) is 5.91 Å². The van der Waals surface area contributed by atoms with E-state index in [2.05, 4.69) is 37.2 Å². The Hall–Kier alpha value is -4.63. The minimum atomic E-state index is -1.21. The first-order valence-electron chi connectivity index (χ1n) is 18.8. The molecule has 8 rings (SSSR count). The Morgan fingerprint density at radius 3 is 1.52 bits per heavy atom. The maximum atomic E-state index is 12.9. The molecule has 2 aromatic heterocycles. The third-order valence-corrected chi connectivity index (χ3v) is 11.4. The van der Waals surface area contributed by atoms with Crippen molar-refractivity contribution in [2.24, 2.45) is 5.73 Å². The number of benzene rings is 4. The molecule has 58 heavy (non-hydrogen) atoms. The molecule has 0 spiro atoms. The number of aromatic carboxylic acids is 1. The molecule has 0 bridgehead atoms. The highest BCUT2D eigenvalue weighted by molar-refractivity contribution is 9.10. The van der Waals surface area contributed by atoms with Crippen LogP contribution >= 0.6 is 44.3 Å². The first kappa shape index (κ1) is 44.5. The molecule has 4 atom stereocenters. The summed E-state index contributed by atoms with van der Waals surface area (Å²) >= 11 is 6.82. The SMILES string of the molecule is Cl.N[C@@H]1CCC[C@H]1O.O=C(NC1CCC[C@@H]1O)c1cn(Cc2ccc(Br)cc2)c2ccccc2c1=O.O=C(O)c1cn(Cc2ccc(Br)cc2)c2ccccc2c1=O. The Morgan fingerprint density at radius 1 is 0.655 bits per heavy atom. The van der Waals surface area contributed by atoms with Gasteiger partial charge in [-0.1, -0.05) is 80.4 Å². The number of carbonyl (C=O) groups is 2. The summed E-state index contributed by atoms with van der Waals surface area (Å²) in [5, 5.41) is 31.9. The maximum absolute atomic E-state index is 12.9. The number of halogens is 3. The summed E-state index contributed by atoms with van der Waals surface area (Å²) in [6, 6.07) is 29.9. The molecule has 0 aliphatic heterocycles. The second-order valence-corrected chi connectivity index (χ2v) is 16.2. The average molecular weight is 937 g/mol. The van der Waals surface area contributed by atoms with Crippen LogP contribution in [0.1, 0.15) is 70.4 Å². The highest BCUT2D eigenvalue weighted by Gasteiger charge is 2.28. The number of nitrogens with zero attached hydrogens (tertiary/aromatic N) is 2. The number of fused-ring (bicyclic) bond motifs is 2. The van der Waals surface area contributed by atoms with Gasteiger partial charge in [0.2, 0.25) is 10.9 Å². The summed E-state index contributed by atoms with van der Waals surface area (Å²) < 4.78 is 5.70. The van der Waals surface area contributed by atoms with Crippen molar-refractivity contribution < 1.29 is 24.9 Å². The van der Waals surface area contributed by atoms with Crippen LogP contribution in [0.3, 0.4) is 0 Å². The molecule has 6 N–H and O–H groups in total. The molecular weight excluding hydrogens is 892 g/mol. The lowest BCUT2D eigenvalue weighted by Gasteiger charge is -2.18. The van der Waals surface area contributed by atoms with Crippen molar-refractivity contribution in [2.75, 3.05) is 0 Å². The van der Waals surface area contributed by atoms with Gasteiger partial charge in [-0.25, -0.2) is 4.79 Å². The van der Waals surface area contributed by atoms with Crippen LogP contribution in [-0.2, 0) is 13.1 Å². The van der Waals surface area contributed by atoms with Crippen LogP contribution in [0, 0.1) is 0 Å². The molecule has 2 aliphatic rings. The molecule has 2 saturated carbocycles. The van der Waals surface area contributed by atoms with E-state index in [9.17, 15) is 29.4 Å². The molecule has 2 heterocycles. The number of aliphatic hydroxyl groups is 2. The van der Waals surface area contributed by atoms with Gasteiger partial charge in [-0.15, -0.1) is 12.4 Å². The predicted molar refractivity (Wildman–Crippen MR) is 236 cm³/mol. The number of carboxylic acid groups (broad SMARTS) is 1. The third-order valence-electron chi connectivity index (χ3n) is 10.3. The van der Waals surface area contributed by atoms with Crippen molar-refractivity contribution in [2.45, 2.75) is 75.9 Å². The molecule has 4 aromatic carbocycles. The van der Waals surface area contributed by atoms with Gasteiger partial charge in [-0.3, -0.25) is 14.4 Å². The Bertz CT molecular complexity index is 2480. The van der Waals surface area contributed by atoms with Crippen molar-refractivity contribution in [3.8, 4) is 0 Å². The molecule has 304 valence electrons. The van der Waals surface area contributed by atoms with Crippen molar-refractivity contribution in [1.82, 2.24) is 14.5 Å². The molecular formula is C44H45Br2ClN4O7. The van der Waals surface area contributed by atoms with Gasteiger partial charge in [-0.2, -0.15) is 0 Å². The van der Waals surface area contributed by atoms with Gasteiger partial charge < -0.3 is 35.5 Å². The zero-order valence-corrected chi connectivity index (χ0v) is 35.5. The lowest BCUT2D eigenvalue weighted by Crippen LogP contribution is -2.41. The van der Waals surface area contributed by atoms with Gasteiger partial charge in [0.1, 0.15) is 11.1 Å². The monoisotopic (exact) mass is 934 g/mol. The van der Waals surface area contributed by atoms with Gasteiger partial charge in [0.05, 0.1) is 29.3 Å². The van der Waals surface area contributed by atoms with Crippen molar-refractivity contribution in [3.05, 3.63) is 161 Å². The molecule has 0 radical (unpaired) electrons. The summed E-state index contributed by atoms with van der Waals surface area (Å²) in [5.74, 6) is -1.63. The normalized spacial score (nSPS) is 18.4. The second kappa shape index (κ2) is 20.4. The van der Waals surface area contributed by atoms with Crippen LogP contribution in [0.15, 0.2) is 128 Å². The minimum Gasteiger partial charge on any atom is -0.477 e. The number of carbonyl (C=O) groups excluding carboxylic acids is 1. The van der Waals surface area contributed by atoms with E-state index >= 15 is 0 Å². The van der Waals surface area contributed by atoms with E-state index in [1.165, 1.54) is 6.20 Å². The van der Waals surface area contributed by atoms with E-state index in [1.807, 2.05) is 77.4 Å². The summed E-state index contributed by atoms with van der Waals surface area (Å²) in [7, 11) is 0. The molecule has 14 heteroatoms. The van der Waals surface area contributed by atoms with E-state index in [1.54, 1.807) is 35.0 Å².